The van der Waals surface area contributed by atoms with Gasteiger partial charge < -0.3 is 19.7 Å². The first-order chi connectivity index (χ1) is 4.52. The van der Waals surface area contributed by atoms with Crippen LogP contribution < -0.4 is 0 Å². The van der Waals surface area contributed by atoms with Gasteiger partial charge >= 0.3 is 185 Å². The molecular formula is C3H10Ca2O7Sr2. The van der Waals surface area contributed by atoms with Gasteiger partial charge in [-0.25, -0.2) is 14.4 Å². The average Bonchev–Trinajstić information content (AvgIpc) is 1.58. The summed E-state index contributed by atoms with van der Waals surface area (Å²) in [7, 11) is 0. The molecule has 0 unspecified atom stereocenters. The van der Waals surface area contributed by atoms with Crippen LogP contribution in [0.15, 0.2) is 0 Å². The summed E-state index contributed by atoms with van der Waals surface area (Å²) >= 11 is 0. The Bertz CT molecular complexity index is 168. The van der Waals surface area contributed by atoms with Crippen molar-refractivity contribution >= 4 is 185 Å². The van der Waals surface area contributed by atoms with Gasteiger partial charge in [-0.05, 0) is 0 Å². The van der Waals surface area contributed by atoms with Gasteiger partial charge in [0.1, 0.15) is 0 Å². The van der Waals surface area contributed by atoms with Gasteiger partial charge in [-0.15, -0.1) is 0 Å². The molecule has 7 nitrogen and oxygen atoms in total. The Hall–Kier alpha value is 3.69. The predicted molar refractivity (Wildman–Crippen MR) is 57.8 cm³/mol. The van der Waals surface area contributed by atoms with E-state index in [4.69, 9.17) is 10.2 Å². The van der Waals surface area contributed by atoms with Crippen molar-refractivity contribution in [3.63, 3.8) is 0 Å². The Morgan fingerprint density at radius 1 is 0.786 bits per heavy atom. The molecule has 0 aliphatic carbocycles. The van der Waals surface area contributed by atoms with Crippen LogP contribution in [0.2, 0.25) is 0 Å². The molecule has 0 saturated heterocycles. The van der Waals surface area contributed by atoms with Crippen molar-refractivity contribution < 1.29 is 34.1 Å². The predicted octanol–water partition coefficient (Wildman–Crippen LogP) is -3.17. The van der Waals surface area contributed by atoms with Crippen molar-refractivity contribution in [1.29, 1.82) is 0 Å². The molecule has 0 rings (SSSR count). The Morgan fingerprint density at radius 3 is 1.14 bits per heavy atom. The van der Waals surface area contributed by atoms with Crippen molar-refractivity contribution in [3.05, 3.63) is 0 Å². The minimum atomic E-state index is -1.92. The molecule has 0 heterocycles. The zero-order valence-corrected chi connectivity index (χ0v) is 4.44. The normalized spacial score (nSPS) is 5.71. The number of rotatable bonds is 0. The third kappa shape index (κ3) is 24.8. The van der Waals surface area contributed by atoms with Gasteiger partial charge in [0, 0.05) is 0 Å². The number of carbonyl (C=O) groups is 3. The first kappa shape index (κ1) is 30.6. The van der Waals surface area contributed by atoms with Crippen LogP contribution >= 0.6 is 0 Å². The topological polar surface area (TPSA) is 110 Å². The van der Waals surface area contributed by atoms with Gasteiger partial charge in [-0.3, -0.25) is 0 Å². The van der Waals surface area contributed by atoms with E-state index in [9.17, 15) is 14.4 Å². The number of hydrogen-bond acceptors (Lipinski definition) is 5. The fourth-order valence-corrected chi connectivity index (χ4v) is 0.163. The number of carbonyl (C=O) groups excluding carboxylic acids is 1. The molecule has 0 aliphatic rings. The molecule has 0 aromatic carbocycles. The van der Waals surface area contributed by atoms with E-state index in [2.05, 4.69) is 9.47 Å². The van der Waals surface area contributed by atoms with Crippen LogP contribution in [0.5, 0.6) is 0 Å². The molecule has 14 heavy (non-hydrogen) atoms. The van der Waals surface area contributed by atoms with Gasteiger partial charge in [0.15, 0.2) is 0 Å². The molecule has 0 aromatic heterocycles. The maximum absolute atomic E-state index is 9.86. The molecule has 0 amide bonds. The summed E-state index contributed by atoms with van der Waals surface area (Å²) in [6.45, 7) is 0. The van der Waals surface area contributed by atoms with Gasteiger partial charge in [0.05, 0.1) is 0 Å². The summed E-state index contributed by atoms with van der Waals surface area (Å²) in [5.41, 5.74) is 0. The van der Waals surface area contributed by atoms with Gasteiger partial charge in [0.25, 0.3) is 0 Å². The second kappa shape index (κ2) is 19.0. The average molecular weight is 414 g/mol. The second-order valence-electron chi connectivity index (χ2n) is 0.986. The Labute approximate surface area is 213 Å². The Morgan fingerprint density at radius 2 is 1.00 bits per heavy atom. The molecule has 0 saturated carbocycles. The van der Waals surface area contributed by atoms with Crippen LogP contribution in [0.1, 0.15) is 0 Å². The fraction of sp³-hybridized carbons (Fsp3) is 0. The molecule has 72 valence electrons. The van der Waals surface area contributed by atoms with E-state index in [-0.39, 0.29) is 166 Å². The quantitative estimate of drug-likeness (QED) is 0.245. The maximum atomic E-state index is 9.86. The summed E-state index contributed by atoms with van der Waals surface area (Å²) in [6.07, 6.45) is -5.64. The first-order valence-electron chi connectivity index (χ1n) is 1.88. The summed E-state index contributed by atoms with van der Waals surface area (Å²) < 4.78 is 6.47. The Kier molecular flexibility index (Phi) is 41.6. The van der Waals surface area contributed by atoms with E-state index < -0.39 is 18.5 Å². The molecule has 0 aliphatic heterocycles. The third-order valence-electron chi connectivity index (χ3n) is 0.341. The van der Waals surface area contributed by atoms with E-state index in [1.807, 2.05) is 0 Å². The van der Waals surface area contributed by atoms with Crippen LogP contribution in [0.4, 0.5) is 14.4 Å². The monoisotopic (exact) mass is 414 g/mol. The van der Waals surface area contributed by atoms with Crippen LogP contribution in [-0.2, 0) is 9.47 Å². The Balaban J connectivity index is -0.0000000675. The summed E-state index contributed by atoms with van der Waals surface area (Å²) in [5.74, 6) is 0. The minimum absolute atomic E-state index is 0. The van der Waals surface area contributed by atoms with E-state index in [1.54, 1.807) is 0 Å². The van der Waals surface area contributed by atoms with Crippen molar-refractivity contribution in [2.75, 3.05) is 0 Å². The van der Waals surface area contributed by atoms with Gasteiger partial charge in [0.2, 0.25) is 0 Å². The summed E-state index contributed by atoms with van der Waals surface area (Å²) in [4.78, 5) is 28.8. The van der Waals surface area contributed by atoms with Gasteiger partial charge in [-0.2, -0.15) is 0 Å². The molecule has 0 radical (unpaired) electrons. The number of ether oxygens (including phenoxy) is 2. The molecule has 0 atom stereocenters. The van der Waals surface area contributed by atoms with Crippen LogP contribution in [0.25, 0.3) is 0 Å². The number of hydrogen-bond donors (Lipinski definition) is 2. The zero-order valence-electron chi connectivity index (χ0n) is 4.44. The molecular weight excluding hydrogens is 403 g/mol. The SMILES string of the molecule is O=C(O)OC(=O)OC(=O)O.[CaH2].[CaH2].[SrH2].[SrH2]. The van der Waals surface area contributed by atoms with Gasteiger partial charge in [-0.1, -0.05) is 0 Å². The molecule has 0 spiro atoms. The first-order valence-corrected chi connectivity index (χ1v) is 1.88. The number of carboxylic acid groups (broad SMARTS) is 2. The zero-order chi connectivity index (χ0) is 8.15. The second-order valence-corrected chi connectivity index (χ2v) is 0.986. The fourth-order valence-electron chi connectivity index (χ4n) is 0.163. The molecule has 0 aromatic rings. The van der Waals surface area contributed by atoms with E-state index in [1.165, 1.54) is 0 Å². The molecule has 0 fully saturated rings. The van der Waals surface area contributed by atoms with E-state index in [0.29, 0.717) is 0 Å². The van der Waals surface area contributed by atoms with E-state index in [0.717, 1.165) is 0 Å². The molecule has 11 heteroatoms. The van der Waals surface area contributed by atoms with Crippen molar-refractivity contribution in [2.45, 2.75) is 0 Å². The van der Waals surface area contributed by atoms with Crippen LogP contribution in [0, 0.1) is 0 Å². The van der Waals surface area contributed by atoms with Crippen LogP contribution in [0.3, 0.4) is 0 Å². The molecule has 2 N–H and O–H groups in total. The van der Waals surface area contributed by atoms with Crippen molar-refractivity contribution in [1.82, 2.24) is 0 Å². The van der Waals surface area contributed by atoms with Crippen LogP contribution in [-0.4, -0.2) is 195 Å². The molecule has 0 bridgehead atoms. The third-order valence-corrected chi connectivity index (χ3v) is 0.341. The van der Waals surface area contributed by atoms with Crippen molar-refractivity contribution in [2.24, 2.45) is 0 Å². The van der Waals surface area contributed by atoms with E-state index >= 15 is 0 Å². The van der Waals surface area contributed by atoms with Crippen molar-refractivity contribution in [3.8, 4) is 0 Å². The summed E-state index contributed by atoms with van der Waals surface area (Å²) in [6, 6.07) is 0. The summed E-state index contributed by atoms with van der Waals surface area (Å²) in [5, 5.41) is 15.4. The standard InChI is InChI=1S/C3H2O7.2Ca.2Sr.8H/c4-1(5)9-3(8)10-2(6)7;;;;;;;;;;;;/h(H,4,5)(H,6,7);;;;;;;;;;;;.